The summed E-state index contributed by atoms with van der Waals surface area (Å²) < 4.78 is 18.8. The molecule has 1 saturated heterocycles. The monoisotopic (exact) mass is 330 g/mol. The third-order valence-corrected chi connectivity index (χ3v) is 4.16. The third-order valence-electron chi connectivity index (χ3n) is 4.16. The first kappa shape index (κ1) is 16.4. The molecule has 0 bridgehead atoms. The third kappa shape index (κ3) is 3.23. The number of aryl methyl sites for hydroxylation is 2. The van der Waals surface area contributed by atoms with Gasteiger partial charge in [0.25, 0.3) is 5.91 Å². The van der Waals surface area contributed by atoms with Crippen molar-refractivity contribution in [1.29, 1.82) is 0 Å². The lowest BCUT2D eigenvalue weighted by molar-refractivity contribution is -0.0229. The van der Waals surface area contributed by atoms with Gasteiger partial charge in [-0.1, -0.05) is 12.1 Å². The summed E-state index contributed by atoms with van der Waals surface area (Å²) in [6, 6.07) is 7.47. The number of nitrogens with zero attached hydrogens (tertiary/aromatic N) is 1. The molecule has 0 unspecified atom stereocenters. The summed E-state index contributed by atoms with van der Waals surface area (Å²) in [5.41, 5.74) is 1.98. The number of ether oxygens (including phenoxy) is 1. The Morgan fingerprint density at radius 1 is 1.29 bits per heavy atom. The van der Waals surface area contributed by atoms with E-state index in [1.165, 1.54) is 18.2 Å². The molecular weight excluding hydrogens is 311 g/mol. The highest BCUT2D eigenvalue weighted by atomic mass is 19.1. The predicted molar refractivity (Wildman–Crippen MR) is 87.5 cm³/mol. The van der Waals surface area contributed by atoms with Crippen molar-refractivity contribution in [3.8, 4) is 0 Å². The van der Waals surface area contributed by atoms with Gasteiger partial charge in [0.15, 0.2) is 5.43 Å². The maximum Gasteiger partial charge on any atom is 0.259 e. The SMILES string of the molecule is Cc1cc(=O)c(C(=O)N2CCO[C@@H](c3ccc(F)cc3)C2)c(C)[nH]1. The van der Waals surface area contributed by atoms with E-state index in [2.05, 4.69) is 4.98 Å². The lowest BCUT2D eigenvalue weighted by Gasteiger charge is -2.33. The van der Waals surface area contributed by atoms with Crippen molar-refractivity contribution in [3.63, 3.8) is 0 Å². The van der Waals surface area contributed by atoms with Crippen molar-refractivity contribution >= 4 is 5.91 Å². The number of morpholine rings is 1. The first-order valence-corrected chi connectivity index (χ1v) is 7.82. The Balaban J connectivity index is 1.83. The molecule has 5 nitrogen and oxygen atoms in total. The predicted octanol–water partition coefficient (Wildman–Crippen LogP) is 2.34. The van der Waals surface area contributed by atoms with Gasteiger partial charge < -0.3 is 14.6 Å². The second kappa shape index (κ2) is 6.57. The van der Waals surface area contributed by atoms with Crippen LogP contribution in [-0.4, -0.2) is 35.5 Å². The van der Waals surface area contributed by atoms with Gasteiger partial charge in [-0.3, -0.25) is 9.59 Å². The van der Waals surface area contributed by atoms with E-state index >= 15 is 0 Å². The molecule has 3 rings (SSSR count). The largest absolute Gasteiger partial charge is 0.370 e. The van der Waals surface area contributed by atoms with Gasteiger partial charge in [-0.2, -0.15) is 0 Å². The number of carbonyl (C=O) groups is 1. The molecular formula is C18H19FN2O3. The number of amides is 1. The van der Waals surface area contributed by atoms with Crippen molar-refractivity contribution in [2.75, 3.05) is 19.7 Å². The first-order chi connectivity index (χ1) is 11.5. The first-order valence-electron chi connectivity index (χ1n) is 7.82. The number of halogens is 1. The number of aromatic nitrogens is 1. The number of benzene rings is 1. The molecule has 1 aliphatic rings. The van der Waals surface area contributed by atoms with Crippen molar-refractivity contribution in [2.45, 2.75) is 20.0 Å². The summed E-state index contributed by atoms with van der Waals surface area (Å²) in [5.74, 6) is -0.617. The van der Waals surface area contributed by atoms with Gasteiger partial charge in [-0.25, -0.2) is 4.39 Å². The standard InChI is InChI=1S/C18H19FN2O3/c1-11-9-15(22)17(12(2)20-11)18(23)21-7-8-24-16(10-21)13-3-5-14(19)6-4-13/h3-6,9,16H,7-8,10H2,1-2H3,(H,20,22)/t16-/m1/s1. The fourth-order valence-electron chi connectivity index (χ4n) is 2.98. The lowest BCUT2D eigenvalue weighted by Crippen LogP contribution is -2.44. The van der Waals surface area contributed by atoms with Crippen LogP contribution in [0.3, 0.4) is 0 Å². The van der Waals surface area contributed by atoms with Gasteiger partial charge in [0.2, 0.25) is 0 Å². The lowest BCUT2D eigenvalue weighted by atomic mass is 10.1. The van der Waals surface area contributed by atoms with Crippen molar-refractivity contribution in [1.82, 2.24) is 9.88 Å². The summed E-state index contributed by atoms with van der Waals surface area (Å²) in [7, 11) is 0. The van der Waals surface area contributed by atoms with E-state index in [4.69, 9.17) is 4.74 Å². The van der Waals surface area contributed by atoms with Crippen LogP contribution < -0.4 is 5.43 Å². The number of carbonyl (C=O) groups excluding carboxylic acids is 1. The molecule has 1 aromatic heterocycles. The van der Waals surface area contributed by atoms with Crippen LogP contribution in [0.1, 0.15) is 33.4 Å². The van der Waals surface area contributed by atoms with Gasteiger partial charge in [0.05, 0.1) is 13.2 Å². The molecule has 2 heterocycles. The Morgan fingerprint density at radius 3 is 2.67 bits per heavy atom. The molecule has 1 atom stereocenters. The van der Waals surface area contributed by atoms with Crippen LogP contribution in [0.2, 0.25) is 0 Å². The minimum Gasteiger partial charge on any atom is -0.370 e. The minimum atomic E-state index is -0.326. The second-order valence-corrected chi connectivity index (χ2v) is 5.98. The molecule has 0 radical (unpaired) electrons. The maximum absolute atomic E-state index is 13.1. The summed E-state index contributed by atoms with van der Waals surface area (Å²) in [6.45, 7) is 4.62. The number of nitrogens with one attached hydrogen (secondary N) is 1. The van der Waals surface area contributed by atoms with E-state index in [1.807, 2.05) is 0 Å². The Kier molecular flexibility index (Phi) is 4.49. The number of hydrogen-bond donors (Lipinski definition) is 1. The molecule has 24 heavy (non-hydrogen) atoms. The molecule has 0 spiro atoms. The van der Waals surface area contributed by atoms with Crippen molar-refractivity contribution < 1.29 is 13.9 Å². The average molecular weight is 330 g/mol. The highest BCUT2D eigenvalue weighted by Crippen LogP contribution is 2.23. The van der Waals surface area contributed by atoms with E-state index in [9.17, 15) is 14.0 Å². The maximum atomic E-state index is 13.1. The van der Waals surface area contributed by atoms with E-state index in [0.717, 1.165) is 11.3 Å². The van der Waals surface area contributed by atoms with Crippen LogP contribution in [0.5, 0.6) is 0 Å². The van der Waals surface area contributed by atoms with Crippen LogP contribution in [0.15, 0.2) is 35.1 Å². The molecule has 6 heteroatoms. The van der Waals surface area contributed by atoms with Gasteiger partial charge in [-0.15, -0.1) is 0 Å². The highest BCUT2D eigenvalue weighted by Gasteiger charge is 2.28. The van der Waals surface area contributed by atoms with Crippen LogP contribution in [-0.2, 0) is 4.74 Å². The normalized spacial score (nSPS) is 17.8. The average Bonchev–Trinajstić information content (AvgIpc) is 2.54. The van der Waals surface area contributed by atoms with Crippen LogP contribution >= 0.6 is 0 Å². The van der Waals surface area contributed by atoms with E-state index in [1.54, 1.807) is 30.9 Å². The van der Waals surface area contributed by atoms with E-state index in [0.29, 0.717) is 25.4 Å². The summed E-state index contributed by atoms with van der Waals surface area (Å²) in [5, 5.41) is 0. The fraction of sp³-hybridized carbons (Fsp3) is 0.333. The smallest absolute Gasteiger partial charge is 0.259 e. The zero-order chi connectivity index (χ0) is 17.3. The van der Waals surface area contributed by atoms with Gasteiger partial charge >= 0.3 is 0 Å². The van der Waals surface area contributed by atoms with E-state index in [-0.39, 0.29) is 28.8 Å². The Morgan fingerprint density at radius 2 is 2.00 bits per heavy atom. The minimum absolute atomic E-state index is 0.167. The second-order valence-electron chi connectivity index (χ2n) is 5.98. The van der Waals surface area contributed by atoms with Crippen molar-refractivity contribution in [2.24, 2.45) is 0 Å². The van der Waals surface area contributed by atoms with E-state index < -0.39 is 0 Å². The Bertz CT molecular complexity index is 814. The molecule has 1 fully saturated rings. The summed E-state index contributed by atoms with van der Waals surface area (Å²) in [6.07, 6.45) is -0.326. The molecule has 126 valence electrons. The van der Waals surface area contributed by atoms with Gasteiger partial charge in [0.1, 0.15) is 17.5 Å². The zero-order valence-corrected chi connectivity index (χ0v) is 13.6. The Hall–Kier alpha value is -2.47. The van der Waals surface area contributed by atoms with Crippen LogP contribution in [0, 0.1) is 19.7 Å². The summed E-state index contributed by atoms with van der Waals surface area (Å²) in [4.78, 5) is 29.6. The molecule has 0 saturated carbocycles. The molecule has 1 amide bonds. The number of aromatic amines is 1. The van der Waals surface area contributed by atoms with Crippen molar-refractivity contribution in [3.05, 3.63) is 68.9 Å². The Labute approximate surface area is 139 Å². The number of pyridine rings is 1. The van der Waals surface area contributed by atoms with Crippen LogP contribution in [0.4, 0.5) is 4.39 Å². The molecule has 2 aromatic rings. The van der Waals surface area contributed by atoms with Gasteiger partial charge in [0, 0.05) is 24.0 Å². The molecule has 1 aliphatic heterocycles. The summed E-state index contributed by atoms with van der Waals surface area (Å²) >= 11 is 0. The number of hydrogen-bond acceptors (Lipinski definition) is 3. The van der Waals surface area contributed by atoms with Gasteiger partial charge in [-0.05, 0) is 31.5 Å². The number of H-pyrrole nitrogens is 1. The number of rotatable bonds is 2. The zero-order valence-electron chi connectivity index (χ0n) is 13.6. The molecule has 1 aromatic carbocycles. The topological polar surface area (TPSA) is 62.4 Å². The fourth-order valence-corrected chi connectivity index (χ4v) is 2.98. The quantitative estimate of drug-likeness (QED) is 0.919. The highest BCUT2D eigenvalue weighted by molar-refractivity contribution is 5.95. The molecule has 1 N–H and O–H groups in total. The van der Waals surface area contributed by atoms with Crippen LogP contribution in [0.25, 0.3) is 0 Å². The molecule has 0 aliphatic carbocycles.